The lowest BCUT2D eigenvalue weighted by molar-refractivity contribution is -0.137. The second kappa shape index (κ2) is 8.73. The number of carbonyl (C=O) groups excluding carboxylic acids is 1. The first-order valence-corrected chi connectivity index (χ1v) is 9.55. The Morgan fingerprint density at radius 2 is 1.94 bits per heavy atom. The molecular weight excluding hydrogens is 431 g/mol. The zero-order valence-corrected chi connectivity index (χ0v) is 16.8. The molecule has 32 heavy (non-hydrogen) atoms. The third-order valence-corrected chi connectivity index (χ3v) is 4.46. The van der Waals surface area contributed by atoms with Gasteiger partial charge >= 0.3 is 6.18 Å². The van der Waals surface area contributed by atoms with Crippen molar-refractivity contribution in [1.82, 2.24) is 25.5 Å². The SMILES string of the molecule is C[C@H](COc1ccc2c(c1)OCO2)NC(=O)Cn1nnc(-c2ccc(C(F)(F)F)cc2)n1. The van der Waals surface area contributed by atoms with Gasteiger partial charge < -0.3 is 19.5 Å². The Morgan fingerprint density at radius 3 is 2.69 bits per heavy atom. The molecule has 12 heteroatoms. The van der Waals surface area contributed by atoms with Crippen LogP contribution in [0.5, 0.6) is 17.2 Å². The Labute approximate surface area is 180 Å². The summed E-state index contributed by atoms with van der Waals surface area (Å²) in [6.07, 6.45) is -4.43. The molecule has 1 N–H and O–H groups in total. The molecule has 0 bridgehead atoms. The highest BCUT2D eigenvalue weighted by molar-refractivity contribution is 5.75. The van der Waals surface area contributed by atoms with Crippen LogP contribution in [-0.2, 0) is 17.5 Å². The van der Waals surface area contributed by atoms with Crippen molar-refractivity contribution in [3.63, 3.8) is 0 Å². The van der Waals surface area contributed by atoms with Crippen LogP contribution in [0.25, 0.3) is 11.4 Å². The normalized spacial score (nSPS) is 13.6. The number of ether oxygens (including phenoxy) is 3. The minimum Gasteiger partial charge on any atom is -0.491 e. The van der Waals surface area contributed by atoms with Crippen molar-refractivity contribution in [2.75, 3.05) is 13.4 Å². The largest absolute Gasteiger partial charge is 0.491 e. The van der Waals surface area contributed by atoms with Gasteiger partial charge in [-0.1, -0.05) is 12.1 Å². The molecule has 1 aliphatic heterocycles. The Hall–Kier alpha value is -3.83. The lowest BCUT2D eigenvalue weighted by atomic mass is 10.1. The van der Waals surface area contributed by atoms with Gasteiger partial charge in [-0.05, 0) is 36.4 Å². The van der Waals surface area contributed by atoms with Crippen LogP contribution in [0.1, 0.15) is 12.5 Å². The molecule has 1 atom stereocenters. The summed E-state index contributed by atoms with van der Waals surface area (Å²) < 4.78 is 54.2. The summed E-state index contributed by atoms with van der Waals surface area (Å²) in [7, 11) is 0. The quantitative estimate of drug-likeness (QED) is 0.592. The molecule has 2 heterocycles. The van der Waals surface area contributed by atoms with Crippen LogP contribution in [-0.4, -0.2) is 45.6 Å². The van der Waals surface area contributed by atoms with Crippen LogP contribution in [0.3, 0.4) is 0 Å². The van der Waals surface area contributed by atoms with Crippen LogP contribution >= 0.6 is 0 Å². The Balaban J connectivity index is 1.27. The van der Waals surface area contributed by atoms with Crippen LogP contribution in [0.15, 0.2) is 42.5 Å². The molecule has 168 valence electrons. The lowest BCUT2D eigenvalue weighted by Gasteiger charge is -2.15. The second-order valence-electron chi connectivity index (χ2n) is 7.01. The van der Waals surface area contributed by atoms with Gasteiger partial charge in [0, 0.05) is 11.6 Å². The first kappa shape index (κ1) is 21.4. The molecule has 1 amide bonds. The monoisotopic (exact) mass is 449 g/mol. The molecule has 4 rings (SSSR count). The fourth-order valence-electron chi connectivity index (χ4n) is 2.91. The van der Waals surface area contributed by atoms with Gasteiger partial charge in [-0.2, -0.15) is 18.0 Å². The first-order valence-electron chi connectivity index (χ1n) is 9.55. The van der Waals surface area contributed by atoms with Crippen molar-refractivity contribution in [2.45, 2.75) is 25.7 Å². The summed E-state index contributed by atoms with van der Waals surface area (Å²) in [5.41, 5.74) is -0.417. The predicted octanol–water partition coefficient (Wildman–Crippen LogP) is 2.67. The van der Waals surface area contributed by atoms with E-state index in [-0.39, 0.29) is 37.7 Å². The van der Waals surface area contributed by atoms with Crippen molar-refractivity contribution in [1.29, 1.82) is 0 Å². The van der Waals surface area contributed by atoms with Crippen molar-refractivity contribution in [2.24, 2.45) is 0 Å². The Bertz CT molecular complexity index is 1100. The van der Waals surface area contributed by atoms with Crippen LogP contribution < -0.4 is 19.5 Å². The average Bonchev–Trinajstić information content (AvgIpc) is 3.40. The maximum absolute atomic E-state index is 12.7. The van der Waals surface area contributed by atoms with Gasteiger partial charge in [0.15, 0.2) is 11.5 Å². The molecule has 0 radical (unpaired) electrons. The number of aromatic nitrogens is 4. The number of fused-ring (bicyclic) bond motifs is 1. The molecule has 9 nitrogen and oxygen atoms in total. The minimum atomic E-state index is -4.43. The Kier molecular flexibility index (Phi) is 5.84. The summed E-state index contributed by atoms with van der Waals surface area (Å²) in [5.74, 6) is 1.57. The van der Waals surface area contributed by atoms with Crippen LogP contribution in [0.4, 0.5) is 13.2 Å². The number of alkyl halides is 3. The van der Waals surface area contributed by atoms with E-state index in [1.807, 2.05) is 0 Å². The van der Waals surface area contributed by atoms with Crippen LogP contribution in [0.2, 0.25) is 0 Å². The summed E-state index contributed by atoms with van der Waals surface area (Å²) in [5, 5.41) is 14.4. The van der Waals surface area contributed by atoms with E-state index in [0.29, 0.717) is 22.8 Å². The summed E-state index contributed by atoms with van der Waals surface area (Å²) in [6.45, 7) is 1.95. The van der Waals surface area contributed by atoms with E-state index in [9.17, 15) is 18.0 Å². The van der Waals surface area contributed by atoms with Gasteiger partial charge in [-0.3, -0.25) is 4.79 Å². The number of halogens is 3. The van der Waals surface area contributed by atoms with E-state index in [4.69, 9.17) is 14.2 Å². The maximum Gasteiger partial charge on any atom is 0.416 e. The Morgan fingerprint density at radius 1 is 1.19 bits per heavy atom. The fraction of sp³-hybridized carbons (Fsp3) is 0.300. The van der Waals surface area contributed by atoms with Crippen molar-refractivity contribution in [3.05, 3.63) is 48.0 Å². The lowest BCUT2D eigenvalue weighted by Crippen LogP contribution is -2.39. The number of hydrogen-bond acceptors (Lipinski definition) is 7. The van der Waals surface area contributed by atoms with Crippen molar-refractivity contribution in [3.8, 4) is 28.6 Å². The predicted molar refractivity (Wildman–Crippen MR) is 104 cm³/mol. The van der Waals surface area contributed by atoms with E-state index < -0.39 is 11.7 Å². The van der Waals surface area contributed by atoms with E-state index >= 15 is 0 Å². The highest BCUT2D eigenvalue weighted by Gasteiger charge is 2.30. The molecular formula is C20H18F3N5O4. The molecule has 0 saturated carbocycles. The van der Waals surface area contributed by atoms with Gasteiger partial charge in [0.05, 0.1) is 11.6 Å². The fourth-order valence-corrected chi connectivity index (χ4v) is 2.91. The molecule has 0 unspecified atom stereocenters. The summed E-state index contributed by atoms with van der Waals surface area (Å²) in [6, 6.07) is 9.24. The van der Waals surface area contributed by atoms with Gasteiger partial charge in [0.1, 0.15) is 18.9 Å². The zero-order valence-electron chi connectivity index (χ0n) is 16.8. The van der Waals surface area contributed by atoms with E-state index in [2.05, 4.69) is 20.7 Å². The van der Waals surface area contributed by atoms with E-state index in [1.54, 1.807) is 25.1 Å². The van der Waals surface area contributed by atoms with E-state index in [1.165, 1.54) is 12.1 Å². The summed E-state index contributed by atoms with van der Waals surface area (Å²) in [4.78, 5) is 13.3. The molecule has 0 spiro atoms. The number of tetrazole rings is 1. The number of carbonyl (C=O) groups is 1. The van der Waals surface area contributed by atoms with Crippen molar-refractivity contribution >= 4 is 5.91 Å². The third-order valence-electron chi connectivity index (χ3n) is 4.46. The molecule has 0 aliphatic carbocycles. The van der Waals surface area contributed by atoms with Gasteiger partial charge in [0.2, 0.25) is 18.5 Å². The zero-order chi connectivity index (χ0) is 22.7. The number of amides is 1. The average molecular weight is 449 g/mol. The summed E-state index contributed by atoms with van der Waals surface area (Å²) >= 11 is 0. The third kappa shape index (κ3) is 5.07. The highest BCUT2D eigenvalue weighted by atomic mass is 19.4. The number of benzene rings is 2. The van der Waals surface area contributed by atoms with E-state index in [0.717, 1.165) is 16.9 Å². The molecule has 3 aromatic rings. The second-order valence-corrected chi connectivity index (χ2v) is 7.01. The molecule has 0 saturated heterocycles. The molecule has 2 aromatic carbocycles. The molecule has 0 fully saturated rings. The highest BCUT2D eigenvalue weighted by Crippen LogP contribution is 2.35. The number of rotatable bonds is 7. The van der Waals surface area contributed by atoms with Gasteiger partial charge in [-0.15, -0.1) is 10.2 Å². The maximum atomic E-state index is 12.7. The molecule has 1 aliphatic rings. The molecule has 1 aromatic heterocycles. The van der Waals surface area contributed by atoms with Gasteiger partial charge in [-0.25, -0.2) is 0 Å². The first-order chi connectivity index (χ1) is 15.3. The minimum absolute atomic E-state index is 0.116. The van der Waals surface area contributed by atoms with Crippen LogP contribution in [0, 0.1) is 0 Å². The number of hydrogen-bond donors (Lipinski definition) is 1. The van der Waals surface area contributed by atoms with Gasteiger partial charge in [0.25, 0.3) is 0 Å². The standard InChI is InChI=1S/C20H18F3N5O4/c1-12(10-30-15-6-7-16-17(8-15)32-11-31-16)24-18(29)9-28-26-19(25-27-28)13-2-4-14(5-3-13)20(21,22)23/h2-8,12H,9-11H2,1H3,(H,24,29)/t12-/m1/s1. The number of nitrogens with one attached hydrogen (secondary N) is 1. The number of nitrogens with zero attached hydrogens (tertiary/aromatic N) is 4. The van der Waals surface area contributed by atoms with Crippen molar-refractivity contribution < 1.29 is 32.2 Å². The topological polar surface area (TPSA) is 100 Å². The smallest absolute Gasteiger partial charge is 0.416 e.